The molecule has 13 heteroatoms. The van der Waals surface area contributed by atoms with Gasteiger partial charge in [-0.05, 0) is 68.1 Å². The summed E-state index contributed by atoms with van der Waals surface area (Å²) in [4.78, 5) is 33.9. The Morgan fingerprint density at radius 2 is 1.88 bits per heavy atom. The minimum Gasteiger partial charge on any atom is -0.497 e. The Hall–Kier alpha value is -3.52. The maximum absolute atomic E-state index is 13.8. The van der Waals surface area contributed by atoms with Crippen LogP contribution in [0.25, 0.3) is 20.8 Å². The Balaban J connectivity index is 1.33. The molecule has 10 nitrogen and oxygen atoms in total. The molecule has 220 valence electrons. The molecule has 0 spiro atoms. The molecule has 1 saturated heterocycles. The van der Waals surface area contributed by atoms with Crippen molar-refractivity contribution in [3.05, 3.63) is 59.0 Å². The van der Waals surface area contributed by atoms with Gasteiger partial charge in [0.1, 0.15) is 21.8 Å². The number of fused-ring (bicyclic) bond motifs is 2. The maximum Gasteiger partial charge on any atom is 0.410 e. The van der Waals surface area contributed by atoms with Crippen molar-refractivity contribution < 1.29 is 27.5 Å². The molecule has 6 rings (SSSR count). The van der Waals surface area contributed by atoms with E-state index in [0.717, 1.165) is 31.2 Å². The molecule has 0 aliphatic carbocycles. The van der Waals surface area contributed by atoms with Gasteiger partial charge in [0.2, 0.25) is 15.9 Å². The van der Waals surface area contributed by atoms with E-state index >= 15 is 0 Å². The second kappa shape index (κ2) is 11.6. The molecule has 42 heavy (non-hydrogen) atoms. The number of nitrogens with one attached hydrogen (secondary N) is 1. The number of methoxy groups -OCH3 is 1. The number of nitrogens with zero attached hydrogens (tertiary/aromatic N) is 3. The highest BCUT2D eigenvalue weighted by Gasteiger charge is 2.40. The molecule has 4 aromatic rings. The third kappa shape index (κ3) is 5.26. The highest BCUT2D eigenvalue weighted by molar-refractivity contribution is 7.89. The molecule has 2 aliphatic rings. The molecule has 0 bridgehead atoms. The van der Waals surface area contributed by atoms with Crippen LogP contribution in [-0.4, -0.2) is 67.5 Å². The Morgan fingerprint density at radius 1 is 1.10 bits per heavy atom. The first-order valence-electron chi connectivity index (χ1n) is 13.7. The molecular formula is C29H30N4O6S3. The number of anilines is 1. The number of carbonyl (C=O) groups is 2. The number of rotatable bonds is 7. The lowest BCUT2D eigenvalue weighted by Crippen LogP contribution is -2.43. The molecule has 2 amide bonds. The zero-order chi connectivity index (χ0) is 29.4. The number of ether oxygens (including phenoxy) is 2. The fourth-order valence-corrected chi connectivity index (χ4v) is 9.47. The number of thiazole rings is 1. The van der Waals surface area contributed by atoms with Gasteiger partial charge in [-0.1, -0.05) is 12.1 Å². The van der Waals surface area contributed by atoms with E-state index in [2.05, 4.69) is 5.32 Å². The van der Waals surface area contributed by atoms with Gasteiger partial charge in [0.05, 0.1) is 35.4 Å². The van der Waals surface area contributed by atoms with Crippen molar-refractivity contribution in [1.82, 2.24) is 14.2 Å². The normalized spacial score (nSPS) is 17.3. The third-order valence-corrected chi connectivity index (χ3v) is 11.6. The standard InChI is InChI=1S/C29H30N4O6S3/c1-3-39-29(35)32-16-14-20-24(17-32)41-28(25(20)27-30-21-7-4-5-9-23(21)40-27)31-26(34)22-8-6-15-33(22)42(36,37)19-12-10-18(38-2)11-13-19/h4-5,7,9-13,22H,3,6,8,14-17H2,1-2H3,(H,31,34). The predicted molar refractivity (Wildman–Crippen MR) is 163 cm³/mol. The van der Waals surface area contributed by atoms with Gasteiger partial charge in [-0.15, -0.1) is 22.7 Å². The minimum absolute atomic E-state index is 0.115. The van der Waals surface area contributed by atoms with E-state index in [1.54, 1.807) is 35.3 Å². The number of aromatic nitrogens is 1. The van der Waals surface area contributed by atoms with Gasteiger partial charge < -0.3 is 19.7 Å². The largest absolute Gasteiger partial charge is 0.497 e. The molecule has 0 radical (unpaired) electrons. The lowest BCUT2D eigenvalue weighted by molar-refractivity contribution is -0.119. The van der Waals surface area contributed by atoms with E-state index in [4.69, 9.17) is 14.5 Å². The number of benzene rings is 2. The van der Waals surface area contributed by atoms with Gasteiger partial charge in [-0.3, -0.25) is 4.79 Å². The van der Waals surface area contributed by atoms with E-state index < -0.39 is 16.1 Å². The fraction of sp³-hybridized carbons (Fsp3) is 0.345. The van der Waals surface area contributed by atoms with Gasteiger partial charge in [-0.25, -0.2) is 18.2 Å². The second-order valence-corrected chi connectivity index (χ2v) is 14.0. The van der Waals surface area contributed by atoms with Crippen molar-refractivity contribution in [2.24, 2.45) is 0 Å². The summed E-state index contributed by atoms with van der Waals surface area (Å²) >= 11 is 2.95. The SMILES string of the molecule is CCOC(=O)N1CCc2c(sc(NC(=O)C3CCCN3S(=O)(=O)c3ccc(OC)cc3)c2-c2nc3ccccc3s2)C1. The van der Waals surface area contributed by atoms with Crippen LogP contribution in [0.3, 0.4) is 0 Å². The Bertz CT molecular complexity index is 1720. The van der Waals surface area contributed by atoms with E-state index in [9.17, 15) is 18.0 Å². The molecule has 2 aliphatic heterocycles. The van der Waals surface area contributed by atoms with Crippen LogP contribution in [0.4, 0.5) is 9.80 Å². The number of hydrogen-bond donors (Lipinski definition) is 1. The van der Waals surface area contributed by atoms with Crippen LogP contribution in [0.5, 0.6) is 5.75 Å². The van der Waals surface area contributed by atoms with E-state index in [-0.39, 0.29) is 23.4 Å². The molecule has 0 saturated carbocycles. The maximum atomic E-state index is 13.8. The second-order valence-electron chi connectivity index (χ2n) is 10.0. The summed E-state index contributed by atoms with van der Waals surface area (Å²) in [6, 6.07) is 13.2. The van der Waals surface area contributed by atoms with Crippen molar-refractivity contribution in [2.45, 2.75) is 43.7 Å². The Labute approximate surface area is 251 Å². The first-order chi connectivity index (χ1) is 20.3. The summed E-state index contributed by atoms with van der Waals surface area (Å²) in [5, 5.41) is 4.47. The van der Waals surface area contributed by atoms with Crippen molar-refractivity contribution >= 4 is 59.9 Å². The van der Waals surface area contributed by atoms with Crippen molar-refractivity contribution in [1.29, 1.82) is 0 Å². The van der Waals surface area contributed by atoms with Crippen molar-refractivity contribution in [3.63, 3.8) is 0 Å². The Morgan fingerprint density at radius 3 is 2.62 bits per heavy atom. The number of thiophene rings is 1. The summed E-state index contributed by atoms with van der Waals surface area (Å²) in [6.07, 6.45) is 1.22. The average molecular weight is 627 g/mol. The van der Waals surface area contributed by atoms with Gasteiger partial charge in [0, 0.05) is 23.5 Å². The molecule has 2 aromatic carbocycles. The number of para-hydroxylation sites is 1. The summed E-state index contributed by atoms with van der Waals surface area (Å²) in [7, 11) is -2.38. The Kier molecular flexibility index (Phi) is 7.92. The molecule has 1 N–H and O–H groups in total. The number of amides is 2. The summed E-state index contributed by atoms with van der Waals surface area (Å²) in [6.45, 7) is 3.19. The van der Waals surface area contributed by atoms with Crippen LogP contribution in [0, 0.1) is 0 Å². The lowest BCUT2D eigenvalue weighted by Gasteiger charge is -2.26. The highest BCUT2D eigenvalue weighted by Crippen LogP contribution is 2.46. The van der Waals surface area contributed by atoms with Crippen LogP contribution in [-0.2, 0) is 32.5 Å². The van der Waals surface area contributed by atoms with E-state index in [0.29, 0.717) is 49.7 Å². The number of sulfonamides is 1. The van der Waals surface area contributed by atoms with Gasteiger partial charge >= 0.3 is 6.09 Å². The first kappa shape index (κ1) is 28.6. The van der Waals surface area contributed by atoms with Crippen LogP contribution in [0.2, 0.25) is 0 Å². The van der Waals surface area contributed by atoms with E-state index in [1.807, 2.05) is 24.3 Å². The molecule has 1 fully saturated rings. The molecular weight excluding hydrogens is 597 g/mol. The monoisotopic (exact) mass is 626 g/mol. The van der Waals surface area contributed by atoms with Gasteiger partial charge in [0.25, 0.3) is 0 Å². The fourth-order valence-electron chi connectivity index (χ4n) is 5.44. The van der Waals surface area contributed by atoms with Crippen LogP contribution in [0.1, 0.15) is 30.2 Å². The first-order valence-corrected chi connectivity index (χ1v) is 16.8. The lowest BCUT2D eigenvalue weighted by atomic mass is 10.0. The third-order valence-electron chi connectivity index (χ3n) is 7.50. The van der Waals surface area contributed by atoms with Crippen LogP contribution >= 0.6 is 22.7 Å². The zero-order valence-electron chi connectivity index (χ0n) is 23.2. The summed E-state index contributed by atoms with van der Waals surface area (Å²) < 4.78 is 39.8. The minimum atomic E-state index is -3.90. The average Bonchev–Trinajstić information content (AvgIpc) is 3.73. The van der Waals surface area contributed by atoms with Gasteiger partial charge in [-0.2, -0.15) is 4.31 Å². The predicted octanol–water partition coefficient (Wildman–Crippen LogP) is 5.34. The van der Waals surface area contributed by atoms with Crippen LogP contribution < -0.4 is 10.1 Å². The quantitative estimate of drug-likeness (QED) is 0.294. The summed E-state index contributed by atoms with van der Waals surface area (Å²) in [5.41, 5.74) is 2.76. The smallest absolute Gasteiger partial charge is 0.410 e. The topological polar surface area (TPSA) is 118 Å². The molecule has 1 unspecified atom stereocenters. The highest BCUT2D eigenvalue weighted by atomic mass is 32.2. The molecule has 1 atom stereocenters. The van der Waals surface area contributed by atoms with Gasteiger partial charge in [0.15, 0.2) is 0 Å². The summed E-state index contributed by atoms with van der Waals surface area (Å²) in [5.74, 6) is 0.169. The zero-order valence-corrected chi connectivity index (χ0v) is 25.6. The molecule has 2 aromatic heterocycles. The van der Waals surface area contributed by atoms with Crippen molar-refractivity contribution in [3.8, 4) is 16.3 Å². The van der Waals surface area contributed by atoms with Crippen LogP contribution in [0.15, 0.2) is 53.4 Å². The molecule has 4 heterocycles. The number of hydrogen-bond acceptors (Lipinski definition) is 9. The van der Waals surface area contributed by atoms with Crippen molar-refractivity contribution in [2.75, 3.05) is 32.1 Å². The number of carbonyl (C=O) groups excluding carboxylic acids is 2. The van der Waals surface area contributed by atoms with E-state index in [1.165, 1.54) is 34.9 Å².